The number of methoxy groups -OCH3 is 1. The molecule has 2 aromatic carbocycles. The number of carbonyl (C=O) groups is 2. The van der Waals surface area contributed by atoms with Gasteiger partial charge in [0.2, 0.25) is 0 Å². The van der Waals surface area contributed by atoms with Crippen LogP contribution in [0, 0.1) is 13.8 Å². The number of amides is 1. The molecule has 0 aliphatic rings. The Morgan fingerprint density at radius 3 is 2.26 bits per heavy atom. The van der Waals surface area contributed by atoms with Crippen LogP contribution in [0.3, 0.4) is 0 Å². The zero-order chi connectivity index (χ0) is 20.6. The Balaban J connectivity index is 0.000000277. The summed E-state index contributed by atoms with van der Waals surface area (Å²) in [5, 5.41) is 9.29. The minimum absolute atomic E-state index is 0.0400. The Labute approximate surface area is 165 Å². The van der Waals surface area contributed by atoms with Crippen LogP contribution < -0.4 is 4.74 Å². The van der Waals surface area contributed by atoms with Crippen LogP contribution in [0.15, 0.2) is 41.3 Å². The van der Waals surface area contributed by atoms with E-state index in [1.165, 1.54) is 24.1 Å². The number of aromatic hydroxyl groups is 1. The number of benzene rings is 2. The number of phenols is 1. The molecule has 27 heavy (non-hydrogen) atoms. The average Bonchev–Trinajstić information content (AvgIpc) is 2.58. The number of hydrogen-bond donors (Lipinski definition) is 2. The molecule has 0 atom stereocenters. The molecule has 0 unspecified atom stereocenters. The number of carbonyl (C=O) groups excluding carboxylic acids is 2. The van der Waals surface area contributed by atoms with Crippen molar-refractivity contribution in [3.63, 3.8) is 0 Å². The summed E-state index contributed by atoms with van der Waals surface area (Å²) in [5.74, 6) is 0.0572. The molecule has 0 aliphatic carbocycles. The molecule has 1 N–H and O–H groups in total. The summed E-state index contributed by atoms with van der Waals surface area (Å²) >= 11 is 4.23. The Morgan fingerprint density at radius 2 is 1.74 bits per heavy atom. The largest absolute Gasteiger partial charge is 0.507 e. The summed E-state index contributed by atoms with van der Waals surface area (Å²) < 4.78 is 9.81. The second-order valence-electron chi connectivity index (χ2n) is 6.09. The lowest BCUT2D eigenvalue weighted by Gasteiger charge is -2.11. The molecule has 0 saturated carbocycles. The third-order valence-corrected chi connectivity index (χ3v) is 3.71. The maximum atomic E-state index is 11.3. The highest BCUT2D eigenvalue weighted by Crippen LogP contribution is 2.19. The molecule has 146 valence electrons. The van der Waals surface area contributed by atoms with Gasteiger partial charge in [-0.1, -0.05) is 6.07 Å². The van der Waals surface area contributed by atoms with Crippen LogP contribution in [-0.4, -0.2) is 49.7 Å². The van der Waals surface area contributed by atoms with Crippen molar-refractivity contribution in [2.24, 2.45) is 0 Å². The van der Waals surface area contributed by atoms with Crippen LogP contribution in [-0.2, 0) is 9.53 Å². The van der Waals surface area contributed by atoms with E-state index < -0.39 is 5.97 Å². The van der Waals surface area contributed by atoms with Gasteiger partial charge >= 0.3 is 5.97 Å². The molecule has 6 nitrogen and oxygen atoms in total. The fourth-order valence-electron chi connectivity index (χ4n) is 2.01. The van der Waals surface area contributed by atoms with Gasteiger partial charge in [-0.3, -0.25) is 4.79 Å². The quantitative estimate of drug-likeness (QED) is 0.618. The second-order valence-corrected chi connectivity index (χ2v) is 6.61. The number of aryl methyl sites for hydroxylation is 2. The van der Waals surface area contributed by atoms with Crippen LogP contribution in [0.5, 0.6) is 11.5 Å². The number of hydrogen-bond acceptors (Lipinski definition) is 6. The molecular formula is C20H25NO5S. The average molecular weight is 391 g/mol. The first-order valence-electron chi connectivity index (χ1n) is 8.15. The van der Waals surface area contributed by atoms with Gasteiger partial charge in [0.05, 0.1) is 7.11 Å². The molecule has 0 aliphatic heterocycles. The minimum atomic E-state index is -0.521. The van der Waals surface area contributed by atoms with Crippen LogP contribution in [0.4, 0.5) is 0 Å². The van der Waals surface area contributed by atoms with Crippen molar-refractivity contribution in [2.45, 2.75) is 18.7 Å². The highest BCUT2D eigenvalue weighted by molar-refractivity contribution is 7.80. The Bertz CT molecular complexity index is 785. The van der Waals surface area contributed by atoms with E-state index in [1.807, 2.05) is 26.0 Å². The smallest absolute Gasteiger partial charge is 0.341 e. The number of rotatable bonds is 4. The predicted octanol–water partition coefficient (Wildman–Crippen LogP) is 3.24. The lowest BCUT2D eigenvalue weighted by Crippen LogP contribution is -2.27. The van der Waals surface area contributed by atoms with E-state index in [2.05, 4.69) is 17.4 Å². The van der Waals surface area contributed by atoms with Gasteiger partial charge in [-0.15, -0.1) is 12.6 Å². The summed E-state index contributed by atoms with van der Waals surface area (Å²) in [6.07, 6.45) is 0. The van der Waals surface area contributed by atoms with Crippen LogP contribution in [0.1, 0.15) is 21.5 Å². The highest BCUT2D eigenvalue weighted by Gasteiger charge is 2.10. The van der Waals surface area contributed by atoms with Crippen molar-refractivity contribution >= 4 is 24.5 Å². The third kappa shape index (κ3) is 7.62. The second kappa shape index (κ2) is 10.5. The van der Waals surface area contributed by atoms with Gasteiger partial charge in [0.1, 0.15) is 17.1 Å². The molecule has 0 bridgehead atoms. The van der Waals surface area contributed by atoms with Gasteiger partial charge in [-0.2, -0.15) is 0 Å². The molecule has 0 spiro atoms. The molecule has 2 rings (SSSR count). The van der Waals surface area contributed by atoms with Gasteiger partial charge in [0.25, 0.3) is 5.91 Å². The van der Waals surface area contributed by atoms with Gasteiger partial charge in [0, 0.05) is 19.0 Å². The third-order valence-electron chi connectivity index (χ3n) is 3.46. The summed E-state index contributed by atoms with van der Waals surface area (Å²) in [4.78, 5) is 24.6. The van der Waals surface area contributed by atoms with Crippen molar-refractivity contribution in [3.8, 4) is 11.5 Å². The SMILES string of the molecule is COC(=O)c1ccc(C)cc1O.Cc1cc(S)cc(OCC(=O)N(C)C)c1. The van der Waals surface area contributed by atoms with Gasteiger partial charge in [0.15, 0.2) is 6.61 Å². The molecule has 0 aromatic heterocycles. The minimum Gasteiger partial charge on any atom is -0.507 e. The number of likely N-dealkylation sites (N-methyl/N-ethyl adjacent to an activating group) is 1. The summed E-state index contributed by atoms with van der Waals surface area (Å²) in [6, 6.07) is 10.4. The van der Waals surface area contributed by atoms with E-state index in [0.29, 0.717) is 5.75 Å². The maximum Gasteiger partial charge on any atom is 0.341 e. The van der Waals surface area contributed by atoms with Gasteiger partial charge in [-0.25, -0.2) is 4.79 Å². The van der Waals surface area contributed by atoms with E-state index in [4.69, 9.17) is 4.74 Å². The summed E-state index contributed by atoms with van der Waals surface area (Å²) in [5.41, 5.74) is 2.16. The number of esters is 1. The molecule has 0 saturated heterocycles. The van der Waals surface area contributed by atoms with Crippen molar-refractivity contribution in [1.29, 1.82) is 0 Å². The Morgan fingerprint density at radius 1 is 1.07 bits per heavy atom. The summed E-state index contributed by atoms with van der Waals surface area (Å²) in [6.45, 7) is 3.85. The van der Waals surface area contributed by atoms with Crippen molar-refractivity contribution in [2.75, 3.05) is 27.8 Å². The fraction of sp³-hybridized carbons (Fsp3) is 0.300. The van der Waals surface area contributed by atoms with Crippen molar-refractivity contribution < 1.29 is 24.2 Å². The summed E-state index contributed by atoms with van der Waals surface area (Å²) in [7, 11) is 4.68. The lowest BCUT2D eigenvalue weighted by atomic mass is 10.1. The first-order valence-corrected chi connectivity index (χ1v) is 8.60. The molecule has 1 amide bonds. The van der Waals surface area contributed by atoms with Crippen molar-refractivity contribution in [1.82, 2.24) is 4.90 Å². The van der Waals surface area contributed by atoms with E-state index >= 15 is 0 Å². The van der Waals surface area contributed by atoms with Gasteiger partial charge < -0.3 is 19.5 Å². The number of thiol groups is 1. The number of phenolic OH excluding ortho intramolecular Hbond substituents is 1. The zero-order valence-electron chi connectivity index (χ0n) is 16.1. The number of nitrogens with zero attached hydrogens (tertiary/aromatic N) is 1. The molecular weight excluding hydrogens is 366 g/mol. The van der Waals surface area contributed by atoms with E-state index in [-0.39, 0.29) is 23.8 Å². The van der Waals surface area contributed by atoms with Crippen LogP contribution in [0.25, 0.3) is 0 Å². The fourth-order valence-corrected chi connectivity index (χ4v) is 2.34. The van der Waals surface area contributed by atoms with E-state index in [0.717, 1.165) is 16.0 Å². The molecule has 0 fully saturated rings. The molecule has 2 aromatic rings. The first kappa shape index (κ1) is 22.4. The Hall–Kier alpha value is -2.67. The zero-order valence-corrected chi connectivity index (χ0v) is 17.0. The topological polar surface area (TPSA) is 76.1 Å². The van der Waals surface area contributed by atoms with Crippen molar-refractivity contribution in [3.05, 3.63) is 53.1 Å². The lowest BCUT2D eigenvalue weighted by molar-refractivity contribution is -0.130. The standard InChI is InChI=1S/C11H15NO2S.C9H10O3/c1-8-4-9(6-10(15)5-8)14-7-11(13)12(2)3;1-6-3-4-7(8(10)5-6)9(11)12-2/h4-6,15H,7H2,1-3H3;3-5,10H,1-2H3. The molecule has 0 radical (unpaired) electrons. The predicted molar refractivity (Wildman–Crippen MR) is 107 cm³/mol. The molecule has 7 heteroatoms. The van der Waals surface area contributed by atoms with E-state index in [1.54, 1.807) is 26.2 Å². The van der Waals surface area contributed by atoms with Gasteiger partial charge in [-0.05, 0) is 55.3 Å². The first-order chi connectivity index (χ1) is 12.6. The monoisotopic (exact) mass is 391 g/mol. The highest BCUT2D eigenvalue weighted by atomic mass is 32.1. The number of ether oxygens (including phenoxy) is 2. The Kier molecular flexibility index (Phi) is 8.68. The normalized spacial score (nSPS) is 9.70. The van der Waals surface area contributed by atoms with Crippen LogP contribution in [0.2, 0.25) is 0 Å². The maximum absolute atomic E-state index is 11.3. The van der Waals surface area contributed by atoms with Crippen LogP contribution >= 0.6 is 12.6 Å². The van der Waals surface area contributed by atoms with E-state index in [9.17, 15) is 14.7 Å². The molecule has 0 heterocycles.